The monoisotopic (exact) mass is 423 g/mol. The highest BCUT2D eigenvalue weighted by Gasteiger charge is 2.20. The Morgan fingerprint density at radius 1 is 1.13 bits per heavy atom. The Labute approximate surface area is 181 Å². The summed E-state index contributed by atoms with van der Waals surface area (Å²) in [4.78, 5) is 28.1. The normalized spacial score (nSPS) is 14.9. The van der Waals surface area contributed by atoms with Gasteiger partial charge in [-0.05, 0) is 25.5 Å². The van der Waals surface area contributed by atoms with Gasteiger partial charge in [-0.15, -0.1) is 11.3 Å². The van der Waals surface area contributed by atoms with Crippen LogP contribution in [-0.2, 0) is 4.79 Å². The first-order chi connectivity index (χ1) is 14.7. The lowest BCUT2D eigenvalue weighted by Gasteiger charge is -2.34. The summed E-state index contributed by atoms with van der Waals surface area (Å²) in [5, 5.41) is 4.54. The summed E-state index contributed by atoms with van der Waals surface area (Å²) in [5.41, 5.74) is 2.38. The summed E-state index contributed by atoms with van der Waals surface area (Å²) in [6, 6.07) is 10.4. The van der Waals surface area contributed by atoms with Gasteiger partial charge >= 0.3 is 0 Å². The Kier molecular flexibility index (Phi) is 6.59. The maximum absolute atomic E-state index is 12.5. The van der Waals surface area contributed by atoms with Crippen LogP contribution in [0.15, 0.2) is 36.7 Å². The van der Waals surface area contributed by atoms with Crippen LogP contribution in [0.3, 0.4) is 0 Å². The summed E-state index contributed by atoms with van der Waals surface area (Å²) in [7, 11) is 0. The third kappa shape index (κ3) is 4.47. The van der Waals surface area contributed by atoms with Crippen LogP contribution in [0.2, 0.25) is 0 Å². The molecule has 7 heteroatoms. The summed E-state index contributed by atoms with van der Waals surface area (Å²) in [6.45, 7) is 9.75. The second kappa shape index (κ2) is 9.53. The predicted octanol–water partition coefficient (Wildman–Crippen LogP) is 4.02. The number of likely N-dealkylation sites (N-methyl/N-ethyl adjacent to an activating group) is 1. The third-order valence-corrected chi connectivity index (χ3v) is 6.77. The van der Waals surface area contributed by atoms with Gasteiger partial charge in [0.25, 0.3) is 0 Å². The zero-order valence-corrected chi connectivity index (χ0v) is 18.5. The molecule has 0 unspecified atom stereocenters. The van der Waals surface area contributed by atoms with Gasteiger partial charge < -0.3 is 15.1 Å². The molecular weight excluding hydrogens is 394 g/mol. The minimum Gasteiger partial charge on any atom is -0.369 e. The van der Waals surface area contributed by atoms with Crippen LogP contribution < -0.4 is 5.32 Å². The quantitative estimate of drug-likeness (QED) is 0.582. The lowest BCUT2D eigenvalue weighted by atomic mass is 10.0. The highest BCUT2D eigenvalue weighted by atomic mass is 32.1. The molecule has 4 rings (SSSR count). The van der Waals surface area contributed by atoms with Gasteiger partial charge in [0.05, 0.1) is 5.39 Å². The largest absolute Gasteiger partial charge is 0.369 e. The number of carbonyl (C=O) groups is 1. The Balaban J connectivity index is 1.40. The average molecular weight is 424 g/mol. The number of fused-ring (bicyclic) bond motifs is 1. The molecule has 1 aliphatic heterocycles. The molecule has 0 spiro atoms. The van der Waals surface area contributed by atoms with Crippen molar-refractivity contribution in [3.05, 3.63) is 41.5 Å². The summed E-state index contributed by atoms with van der Waals surface area (Å²) in [5.74, 6) is 1.11. The van der Waals surface area contributed by atoms with E-state index in [-0.39, 0.29) is 5.91 Å². The molecule has 1 aromatic carbocycles. The number of nitrogens with one attached hydrogen (secondary N) is 1. The van der Waals surface area contributed by atoms with Crippen molar-refractivity contribution in [3.8, 4) is 11.1 Å². The van der Waals surface area contributed by atoms with Gasteiger partial charge in [-0.2, -0.15) is 0 Å². The molecule has 3 heterocycles. The van der Waals surface area contributed by atoms with E-state index in [1.54, 1.807) is 17.7 Å². The van der Waals surface area contributed by atoms with Crippen LogP contribution in [0.1, 0.15) is 24.6 Å². The molecule has 1 saturated heterocycles. The van der Waals surface area contributed by atoms with E-state index in [0.29, 0.717) is 6.42 Å². The average Bonchev–Trinajstić information content (AvgIpc) is 3.13. The van der Waals surface area contributed by atoms with E-state index < -0.39 is 0 Å². The molecule has 0 aliphatic carbocycles. The number of aromatic nitrogens is 2. The first kappa shape index (κ1) is 20.8. The minimum atomic E-state index is 0.261. The maximum atomic E-state index is 12.5. The Morgan fingerprint density at radius 2 is 1.90 bits per heavy atom. The molecule has 0 bridgehead atoms. The van der Waals surface area contributed by atoms with Gasteiger partial charge in [-0.3, -0.25) is 4.79 Å². The fraction of sp³-hybridized carbons (Fsp3) is 0.435. The lowest BCUT2D eigenvalue weighted by Crippen LogP contribution is -2.48. The number of nitrogens with zero attached hydrogens (tertiary/aromatic N) is 4. The van der Waals surface area contributed by atoms with Crippen LogP contribution in [-0.4, -0.2) is 64.9 Å². The van der Waals surface area contributed by atoms with Gasteiger partial charge in [-0.25, -0.2) is 9.97 Å². The molecule has 6 nitrogen and oxygen atoms in total. The van der Waals surface area contributed by atoms with Crippen LogP contribution in [0, 0.1) is 6.92 Å². The second-order valence-electron chi connectivity index (χ2n) is 7.65. The third-order valence-electron chi connectivity index (χ3n) is 5.76. The number of thiophene rings is 1. The predicted molar refractivity (Wildman–Crippen MR) is 124 cm³/mol. The smallest absolute Gasteiger partial charge is 0.222 e. The van der Waals surface area contributed by atoms with E-state index in [9.17, 15) is 4.79 Å². The van der Waals surface area contributed by atoms with Gasteiger partial charge in [0.2, 0.25) is 5.91 Å². The number of amides is 1. The van der Waals surface area contributed by atoms with Crippen LogP contribution in [0.25, 0.3) is 21.3 Å². The SMILES string of the molecule is CCN1CCN(C(=O)CCCNc2ncnc3sc(C)c(-c4ccccc4)c23)CC1. The first-order valence-corrected chi connectivity index (χ1v) is 11.5. The molecule has 1 N–H and O–H groups in total. The number of anilines is 1. The molecule has 1 aliphatic rings. The molecule has 30 heavy (non-hydrogen) atoms. The van der Waals surface area contributed by atoms with Gasteiger partial charge in [0.1, 0.15) is 17.0 Å². The Bertz CT molecular complexity index is 996. The molecule has 3 aromatic rings. The van der Waals surface area contributed by atoms with E-state index in [1.165, 1.54) is 16.0 Å². The second-order valence-corrected chi connectivity index (χ2v) is 8.85. The molecule has 2 aromatic heterocycles. The van der Waals surface area contributed by atoms with Gasteiger partial charge in [-0.1, -0.05) is 37.3 Å². The molecule has 1 amide bonds. The fourth-order valence-electron chi connectivity index (χ4n) is 4.05. The van der Waals surface area contributed by atoms with E-state index >= 15 is 0 Å². The van der Waals surface area contributed by atoms with Crippen molar-refractivity contribution < 1.29 is 4.79 Å². The van der Waals surface area contributed by atoms with Crippen molar-refractivity contribution >= 4 is 33.3 Å². The maximum Gasteiger partial charge on any atom is 0.222 e. The van der Waals surface area contributed by atoms with Crippen molar-refractivity contribution in [3.63, 3.8) is 0 Å². The van der Waals surface area contributed by atoms with Crippen molar-refractivity contribution in [1.82, 2.24) is 19.8 Å². The highest BCUT2D eigenvalue weighted by Crippen LogP contribution is 2.40. The van der Waals surface area contributed by atoms with Crippen LogP contribution >= 0.6 is 11.3 Å². The number of hydrogen-bond donors (Lipinski definition) is 1. The Hall–Kier alpha value is -2.51. The highest BCUT2D eigenvalue weighted by molar-refractivity contribution is 7.19. The summed E-state index contributed by atoms with van der Waals surface area (Å²) >= 11 is 1.70. The van der Waals surface area contributed by atoms with Gasteiger partial charge in [0, 0.05) is 49.6 Å². The standard InChI is InChI=1S/C23H29N5OS/c1-3-27-12-14-28(15-13-27)19(29)10-7-11-24-22-21-20(18-8-5-4-6-9-18)17(2)30-23(21)26-16-25-22/h4-6,8-9,16H,3,7,10-15H2,1-2H3,(H,24,25,26). The van der Waals surface area contributed by atoms with Crippen molar-refractivity contribution in [2.45, 2.75) is 26.7 Å². The fourth-order valence-corrected chi connectivity index (χ4v) is 5.06. The number of hydrogen-bond acceptors (Lipinski definition) is 6. The molecule has 0 saturated carbocycles. The number of benzene rings is 1. The topological polar surface area (TPSA) is 61.4 Å². The summed E-state index contributed by atoms with van der Waals surface area (Å²) in [6.07, 6.45) is 2.98. The van der Waals surface area contributed by atoms with E-state index in [0.717, 1.165) is 61.7 Å². The lowest BCUT2D eigenvalue weighted by molar-refractivity contribution is -0.132. The van der Waals surface area contributed by atoms with Crippen molar-refractivity contribution in [2.75, 3.05) is 44.6 Å². The summed E-state index contributed by atoms with van der Waals surface area (Å²) < 4.78 is 0. The zero-order chi connectivity index (χ0) is 20.9. The number of aryl methyl sites for hydroxylation is 1. The number of piperazine rings is 1. The van der Waals surface area contributed by atoms with E-state index in [4.69, 9.17) is 0 Å². The molecular formula is C23H29N5OS. The van der Waals surface area contributed by atoms with E-state index in [1.807, 2.05) is 11.0 Å². The van der Waals surface area contributed by atoms with Crippen LogP contribution in [0.5, 0.6) is 0 Å². The number of rotatable bonds is 7. The van der Waals surface area contributed by atoms with Crippen LogP contribution in [0.4, 0.5) is 5.82 Å². The molecule has 0 radical (unpaired) electrons. The molecule has 1 fully saturated rings. The minimum absolute atomic E-state index is 0.261. The van der Waals surface area contributed by atoms with Crippen molar-refractivity contribution in [2.24, 2.45) is 0 Å². The molecule has 0 atom stereocenters. The van der Waals surface area contributed by atoms with Gasteiger partial charge in [0.15, 0.2) is 0 Å². The molecule has 158 valence electrons. The first-order valence-electron chi connectivity index (χ1n) is 10.7. The number of carbonyl (C=O) groups excluding carboxylic acids is 1. The zero-order valence-electron chi connectivity index (χ0n) is 17.7. The van der Waals surface area contributed by atoms with Crippen molar-refractivity contribution in [1.29, 1.82) is 0 Å². The Morgan fingerprint density at radius 3 is 2.63 bits per heavy atom. The van der Waals surface area contributed by atoms with E-state index in [2.05, 4.69) is 58.3 Å².